The van der Waals surface area contributed by atoms with Crippen LogP contribution in [-0.2, 0) is 9.47 Å². The molecule has 0 unspecified atom stereocenters. The molecule has 0 saturated carbocycles. The Hall–Kier alpha value is -1.04. The lowest BCUT2D eigenvalue weighted by Gasteiger charge is -2.11. The van der Waals surface area contributed by atoms with Crippen LogP contribution in [-0.4, -0.2) is 20.5 Å². The molecule has 0 atom stereocenters. The average Bonchev–Trinajstić information content (AvgIpc) is 2.27. The molecule has 0 fully saturated rings. The zero-order valence-electron chi connectivity index (χ0n) is 9.66. The van der Waals surface area contributed by atoms with Gasteiger partial charge in [0.25, 0.3) is 0 Å². The molecule has 15 heavy (non-hydrogen) atoms. The standard InChI is InChI=1S/C13H20O2/c1-4-5-6-7-8-9-10-11-12-13(14-2)15-3/h4,7-8,13H,1,9-12H2,2-3H3/b8-7-. The lowest BCUT2D eigenvalue weighted by molar-refractivity contribution is -0.107. The monoisotopic (exact) mass is 208 g/mol. The molecule has 0 aromatic carbocycles. The van der Waals surface area contributed by atoms with E-state index in [-0.39, 0.29) is 6.29 Å². The topological polar surface area (TPSA) is 18.5 Å². The smallest absolute Gasteiger partial charge is 0.156 e. The van der Waals surface area contributed by atoms with E-state index >= 15 is 0 Å². The van der Waals surface area contributed by atoms with Crippen LogP contribution in [0, 0.1) is 11.8 Å². The van der Waals surface area contributed by atoms with E-state index in [1.54, 1.807) is 20.3 Å². The van der Waals surface area contributed by atoms with Crippen LogP contribution < -0.4 is 0 Å². The van der Waals surface area contributed by atoms with Crippen LogP contribution in [0.5, 0.6) is 0 Å². The highest BCUT2D eigenvalue weighted by atomic mass is 16.7. The number of methoxy groups -OCH3 is 2. The predicted molar refractivity (Wildman–Crippen MR) is 63.4 cm³/mol. The fourth-order valence-electron chi connectivity index (χ4n) is 1.15. The molecule has 0 rings (SSSR count). The Labute approximate surface area is 93.0 Å². The second kappa shape index (κ2) is 11.0. The average molecular weight is 208 g/mol. The largest absolute Gasteiger partial charge is 0.356 e. The van der Waals surface area contributed by atoms with Crippen LogP contribution in [0.1, 0.15) is 25.7 Å². The SMILES string of the molecule is C=CC#C/C=C\CCCCC(OC)OC. The fraction of sp³-hybridized carbons (Fsp3) is 0.538. The normalized spacial score (nSPS) is 10.3. The van der Waals surface area contributed by atoms with Crippen molar-refractivity contribution in [2.75, 3.05) is 14.2 Å². The summed E-state index contributed by atoms with van der Waals surface area (Å²) in [5.74, 6) is 5.62. The van der Waals surface area contributed by atoms with Crippen LogP contribution in [0.15, 0.2) is 24.8 Å². The number of hydrogen-bond acceptors (Lipinski definition) is 2. The highest BCUT2D eigenvalue weighted by Gasteiger charge is 2.02. The van der Waals surface area contributed by atoms with Gasteiger partial charge in [0.1, 0.15) is 0 Å². The fourth-order valence-corrected chi connectivity index (χ4v) is 1.15. The predicted octanol–water partition coefficient (Wildman–Crippen LogP) is 2.91. The second-order valence-corrected chi connectivity index (χ2v) is 3.08. The molecule has 0 N–H and O–H groups in total. The molecule has 84 valence electrons. The van der Waals surface area contributed by atoms with Crippen LogP contribution in [0.2, 0.25) is 0 Å². The molecule has 0 amide bonds. The minimum atomic E-state index is -0.0606. The Morgan fingerprint density at radius 3 is 2.53 bits per heavy atom. The van der Waals surface area contributed by atoms with Crippen LogP contribution >= 0.6 is 0 Å². The maximum atomic E-state index is 5.09. The van der Waals surface area contributed by atoms with Gasteiger partial charge in [-0.3, -0.25) is 0 Å². The van der Waals surface area contributed by atoms with Gasteiger partial charge in [0.15, 0.2) is 6.29 Å². The number of rotatable bonds is 7. The summed E-state index contributed by atoms with van der Waals surface area (Å²) in [6, 6.07) is 0. The van der Waals surface area contributed by atoms with Gasteiger partial charge in [-0.15, -0.1) is 0 Å². The molecule has 0 spiro atoms. The molecule has 0 saturated heterocycles. The molecule has 0 bridgehead atoms. The van der Waals surface area contributed by atoms with Gasteiger partial charge in [-0.2, -0.15) is 0 Å². The van der Waals surface area contributed by atoms with Crippen LogP contribution in [0.4, 0.5) is 0 Å². The van der Waals surface area contributed by atoms with Crippen molar-refractivity contribution in [2.45, 2.75) is 32.0 Å². The zero-order valence-corrected chi connectivity index (χ0v) is 9.66. The summed E-state index contributed by atoms with van der Waals surface area (Å²) >= 11 is 0. The third-order valence-corrected chi connectivity index (χ3v) is 1.97. The summed E-state index contributed by atoms with van der Waals surface area (Å²) in [6.45, 7) is 3.51. The van der Waals surface area contributed by atoms with E-state index in [1.807, 2.05) is 6.08 Å². The molecule has 0 aliphatic rings. The molecule has 0 radical (unpaired) electrons. The quantitative estimate of drug-likeness (QED) is 0.364. The Morgan fingerprint density at radius 1 is 1.20 bits per heavy atom. The van der Waals surface area contributed by atoms with Gasteiger partial charge in [0.2, 0.25) is 0 Å². The van der Waals surface area contributed by atoms with E-state index in [0.717, 1.165) is 25.7 Å². The highest BCUT2D eigenvalue weighted by molar-refractivity contribution is 5.21. The first kappa shape index (κ1) is 14.0. The Bertz CT molecular complexity index is 229. The second-order valence-electron chi connectivity index (χ2n) is 3.08. The highest BCUT2D eigenvalue weighted by Crippen LogP contribution is 2.06. The lowest BCUT2D eigenvalue weighted by Crippen LogP contribution is -2.12. The van der Waals surface area contributed by atoms with Crippen molar-refractivity contribution >= 4 is 0 Å². The van der Waals surface area contributed by atoms with Gasteiger partial charge < -0.3 is 9.47 Å². The molecule has 2 heteroatoms. The maximum absolute atomic E-state index is 5.09. The van der Waals surface area contributed by atoms with E-state index in [9.17, 15) is 0 Å². The van der Waals surface area contributed by atoms with Crippen molar-refractivity contribution in [3.8, 4) is 11.8 Å². The minimum Gasteiger partial charge on any atom is -0.356 e. The van der Waals surface area contributed by atoms with E-state index in [0.29, 0.717) is 0 Å². The summed E-state index contributed by atoms with van der Waals surface area (Å²) < 4.78 is 10.2. The molecule has 0 aliphatic carbocycles. The van der Waals surface area contributed by atoms with Gasteiger partial charge in [0.05, 0.1) is 0 Å². The number of ether oxygens (including phenoxy) is 2. The summed E-state index contributed by atoms with van der Waals surface area (Å²) in [7, 11) is 3.33. The van der Waals surface area contributed by atoms with Gasteiger partial charge in [0, 0.05) is 14.2 Å². The first-order chi connectivity index (χ1) is 7.35. The zero-order chi connectivity index (χ0) is 11.4. The minimum absolute atomic E-state index is 0.0606. The Morgan fingerprint density at radius 2 is 1.93 bits per heavy atom. The van der Waals surface area contributed by atoms with Gasteiger partial charge >= 0.3 is 0 Å². The Kier molecular flexibility index (Phi) is 10.3. The molecular formula is C13H20O2. The van der Waals surface area contributed by atoms with Crippen LogP contribution in [0.3, 0.4) is 0 Å². The number of allylic oxidation sites excluding steroid dienone is 3. The third kappa shape index (κ3) is 9.27. The third-order valence-electron chi connectivity index (χ3n) is 1.97. The van der Waals surface area contributed by atoms with Crippen molar-refractivity contribution in [1.82, 2.24) is 0 Å². The first-order valence-electron chi connectivity index (χ1n) is 5.17. The summed E-state index contributed by atoms with van der Waals surface area (Å²) in [4.78, 5) is 0. The molecule has 0 aliphatic heterocycles. The molecule has 0 aromatic heterocycles. The number of unbranched alkanes of at least 4 members (excludes halogenated alkanes) is 2. The summed E-state index contributed by atoms with van der Waals surface area (Å²) in [5, 5.41) is 0. The summed E-state index contributed by atoms with van der Waals surface area (Å²) in [5.41, 5.74) is 0. The van der Waals surface area contributed by atoms with Gasteiger partial charge in [-0.1, -0.05) is 24.5 Å². The van der Waals surface area contributed by atoms with E-state index < -0.39 is 0 Å². The van der Waals surface area contributed by atoms with Gasteiger partial charge in [-0.05, 0) is 37.8 Å². The van der Waals surface area contributed by atoms with Crippen LogP contribution in [0.25, 0.3) is 0 Å². The van der Waals surface area contributed by atoms with Crippen molar-refractivity contribution in [3.05, 3.63) is 24.8 Å². The molecule has 0 heterocycles. The van der Waals surface area contributed by atoms with Crippen molar-refractivity contribution in [1.29, 1.82) is 0 Å². The Balaban J connectivity index is 3.38. The van der Waals surface area contributed by atoms with E-state index in [4.69, 9.17) is 9.47 Å². The first-order valence-corrected chi connectivity index (χ1v) is 5.17. The lowest BCUT2D eigenvalue weighted by atomic mass is 10.2. The van der Waals surface area contributed by atoms with E-state index in [1.165, 1.54) is 0 Å². The molecular weight excluding hydrogens is 188 g/mol. The van der Waals surface area contributed by atoms with Crippen molar-refractivity contribution < 1.29 is 9.47 Å². The van der Waals surface area contributed by atoms with Crippen molar-refractivity contribution in [2.24, 2.45) is 0 Å². The van der Waals surface area contributed by atoms with E-state index in [2.05, 4.69) is 24.5 Å². The van der Waals surface area contributed by atoms with Crippen molar-refractivity contribution in [3.63, 3.8) is 0 Å². The summed E-state index contributed by atoms with van der Waals surface area (Å²) in [6.07, 6.45) is 9.70. The maximum Gasteiger partial charge on any atom is 0.156 e. The molecule has 0 aromatic rings. The number of hydrogen-bond donors (Lipinski definition) is 0. The molecule has 2 nitrogen and oxygen atoms in total. The van der Waals surface area contributed by atoms with Gasteiger partial charge in [-0.25, -0.2) is 0 Å².